The number of piperidine rings is 1. The molecule has 0 atom stereocenters. The average molecular weight is 324 g/mol. The van der Waals surface area contributed by atoms with E-state index < -0.39 is 0 Å². The van der Waals surface area contributed by atoms with Crippen molar-refractivity contribution in [3.63, 3.8) is 0 Å². The SMILES string of the molecule is O=C(NCc1ccncc1)C1CCN(C(=O)c2cccnc2)CC1. The average Bonchev–Trinajstić information content (AvgIpc) is 2.67. The van der Waals surface area contributed by atoms with Gasteiger partial charge in [-0.25, -0.2) is 0 Å². The quantitative estimate of drug-likeness (QED) is 0.928. The third-order valence-electron chi connectivity index (χ3n) is 4.28. The summed E-state index contributed by atoms with van der Waals surface area (Å²) in [5, 5.41) is 2.96. The number of nitrogens with zero attached hydrogens (tertiary/aromatic N) is 3. The Kier molecular flexibility index (Phi) is 5.15. The maximum atomic E-state index is 12.4. The van der Waals surface area contributed by atoms with E-state index in [1.54, 1.807) is 41.8 Å². The molecule has 0 spiro atoms. The molecule has 1 fully saturated rings. The molecule has 6 nitrogen and oxygen atoms in total. The summed E-state index contributed by atoms with van der Waals surface area (Å²) in [6.07, 6.45) is 8.03. The first-order valence-corrected chi connectivity index (χ1v) is 8.10. The van der Waals surface area contributed by atoms with Crippen LogP contribution in [-0.4, -0.2) is 39.8 Å². The molecule has 0 radical (unpaired) electrons. The zero-order valence-corrected chi connectivity index (χ0v) is 13.4. The number of amides is 2. The highest BCUT2D eigenvalue weighted by molar-refractivity contribution is 5.94. The van der Waals surface area contributed by atoms with Gasteiger partial charge in [0.1, 0.15) is 0 Å². The van der Waals surface area contributed by atoms with Gasteiger partial charge in [-0.1, -0.05) is 0 Å². The van der Waals surface area contributed by atoms with Crippen LogP contribution in [0.25, 0.3) is 0 Å². The number of hydrogen-bond donors (Lipinski definition) is 1. The number of likely N-dealkylation sites (tertiary alicyclic amines) is 1. The van der Waals surface area contributed by atoms with Gasteiger partial charge < -0.3 is 10.2 Å². The third-order valence-corrected chi connectivity index (χ3v) is 4.28. The molecule has 0 bridgehead atoms. The molecule has 3 rings (SSSR count). The van der Waals surface area contributed by atoms with Gasteiger partial charge in [-0.15, -0.1) is 0 Å². The molecule has 0 aromatic carbocycles. The van der Waals surface area contributed by atoms with Crippen LogP contribution in [0.1, 0.15) is 28.8 Å². The first kappa shape index (κ1) is 16.1. The van der Waals surface area contributed by atoms with Gasteiger partial charge in [-0.3, -0.25) is 19.6 Å². The Balaban J connectivity index is 1.48. The maximum absolute atomic E-state index is 12.4. The van der Waals surface area contributed by atoms with E-state index in [1.807, 2.05) is 12.1 Å². The lowest BCUT2D eigenvalue weighted by molar-refractivity contribution is -0.126. The molecule has 6 heteroatoms. The monoisotopic (exact) mass is 324 g/mol. The highest BCUT2D eigenvalue weighted by Crippen LogP contribution is 2.19. The summed E-state index contributed by atoms with van der Waals surface area (Å²) in [6, 6.07) is 7.29. The Bertz CT molecular complexity index is 683. The van der Waals surface area contributed by atoms with Crippen LogP contribution < -0.4 is 5.32 Å². The topological polar surface area (TPSA) is 75.2 Å². The third kappa shape index (κ3) is 3.95. The predicted molar refractivity (Wildman–Crippen MR) is 88.9 cm³/mol. The molecule has 2 amide bonds. The van der Waals surface area contributed by atoms with Gasteiger partial charge in [0.2, 0.25) is 5.91 Å². The number of pyridine rings is 2. The molecule has 3 heterocycles. The lowest BCUT2D eigenvalue weighted by Crippen LogP contribution is -2.42. The van der Waals surface area contributed by atoms with Gasteiger partial charge in [0.05, 0.1) is 5.56 Å². The van der Waals surface area contributed by atoms with E-state index in [9.17, 15) is 9.59 Å². The van der Waals surface area contributed by atoms with Crippen molar-refractivity contribution in [1.82, 2.24) is 20.2 Å². The zero-order chi connectivity index (χ0) is 16.8. The van der Waals surface area contributed by atoms with Crippen molar-refractivity contribution >= 4 is 11.8 Å². The van der Waals surface area contributed by atoms with E-state index in [1.165, 1.54) is 0 Å². The lowest BCUT2D eigenvalue weighted by Gasteiger charge is -2.31. The molecule has 0 aliphatic carbocycles. The summed E-state index contributed by atoms with van der Waals surface area (Å²) >= 11 is 0. The van der Waals surface area contributed by atoms with Crippen LogP contribution in [0.4, 0.5) is 0 Å². The highest BCUT2D eigenvalue weighted by Gasteiger charge is 2.27. The van der Waals surface area contributed by atoms with Crippen molar-refractivity contribution in [3.8, 4) is 0 Å². The molecule has 0 saturated carbocycles. The van der Waals surface area contributed by atoms with Gasteiger partial charge in [0.15, 0.2) is 0 Å². The first-order valence-electron chi connectivity index (χ1n) is 8.10. The summed E-state index contributed by atoms with van der Waals surface area (Å²) in [7, 11) is 0. The van der Waals surface area contributed by atoms with Crippen molar-refractivity contribution in [3.05, 3.63) is 60.2 Å². The molecule has 24 heavy (non-hydrogen) atoms. The van der Waals surface area contributed by atoms with E-state index in [4.69, 9.17) is 0 Å². The predicted octanol–water partition coefficient (Wildman–Crippen LogP) is 1.65. The highest BCUT2D eigenvalue weighted by atomic mass is 16.2. The molecule has 1 aliphatic rings. The Labute approximate surface area is 140 Å². The van der Waals surface area contributed by atoms with Gasteiger partial charge in [-0.2, -0.15) is 0 Å². The van der Waals surface area contributed by atoms with Crippen LogP contribution in [0.2, 0.25) is 0 Å². The Morgan fingerprint density at radius 1 is 1.08 bits per heavy atom. The molecule has 0 unspecified atom stereocenters. The Hall–Kier alpha value is -2.76. The molecule has 2 aromatic rings. The first-order chi connectivity index (χ1) is 11.7. The fraction of sp³-hybridized carbons (Fsp3) is 0.333. The summed E-state index contributed by atoms with van der Waals surface area (Å²) in [4.78, 5) is 34.4. The summed E-state index contributed by atoms with van der Waals surface area (Å²) < 4.78 is 0. The molecular weight excluding hydrogens is 304 g/mol. The number of nitrogens with one attached hydrogen (secondary N) is 1. The van der Waals surface area contributed by atoms with Crippen LogP contribution in [0, 0.1) is 5.92 Å². The van der Waals surface area contributed by atoms with Gasteiger partial charge >= 0.3 is 0 Å². The number of carbonyl (C=O) groups is 2. The van der Waals surface area contributed by atoms with Crippen molar-refractivity contribution < 1.29 is 9.59 Å². The fourth-order valence-corrected chi connectivity index (χ4v) is 2.85. The van der Waals surface area contributed by atoms with Crippen molar-refractivity contribution in [1.29, 1.82) is 0 Å². The Morgan fingerprint density at radius 3 is 2.50 bits per heavy atom. The van der Waals surface area contributed by atoms with E-state index in [0.29, 0.717) is 38.0 Å². The second-order valence-corrected chi connectivity index (χ2v) is 5.88. The molecule has 124 valence electrons. The van der Waals surface area contributed by atoms with Crippen LogP contribution in [0.5, 0.6) is 0 Å². The Morgan fingerprint density at radius 2 is 1.83 bits per heavy atom. The van der Waals surface area contributed by atoms with Crippen LogP contribution >= 0.6 is 0 Å². The fourth-order valence-electron chi connectivity index (χ4n) is 2.85. The van der Waals surface area contributed by atoms with Crippen LogP contribution in [0.3, 0.4) is 0 Å². The molecule has 1 saturated heterocycles. The molecule has 1 N–H and O–H groups in total. The molecule has 2 aromatic heterocycles. The second kappa shape index (κ2) is 7.68. The van der Waals surface area contributed by atoms with Crippen LogP contribution in [0.15, 0.2) is 49.1 Å². The van der Waals surface area contributed by atoms with Gasteiger partial charge in [-0.05, 0) is 42.7 Å². The second-order valence-electron chi connectivity index (χ2n) is 5.88. The molecular formula is C18H20N4O2. The summed E-state index contributed by atoms with van der Waals surface area (Å²) in [6.45, 7) is 1.71. The van der Waals surface area contributed by atoms with Crippen molar-refractivity contribution in [2.24, 2.45) is 5.92 Å². The summed E-state index contributed by atoms with van der Waals surface area (Å²) in [5.74, 6) is 0.00354. The smallest absolute Gasteiger partial charge is 0.255 e. The van der Waals surface area contributed by atoms with E-state index in [2.05, 4.69) is 15.3 Å². The number of hydrogen-bond acceptors (Lipinski definition) is 4. The minimum Gasteiger partial charge on any atom is -0.352 e. The number of aromatic nitrogens is 2. The van der Waals surface area contributed by atoms with Crippen LogP contribution in [-0.2, 0) is 11.3 Å². The standard InChI is InChI=1S/C18H20N4O2/c23-17(21-12-14-3-8-19-9-4-14)15-5-10-22(11-6-15)18(24)16-2-1-7-20-13-16/h1-4,7-9,13,15H,5-6,10-12H2,(H,21,23). The number of carbonyl (C=O) groups excluding carboxylic acids is 2. The zero-order valence-electron chi connectivity index (χ0n) is 13.4. The van der Waals surface area contributed by atoms with E-state index >= 15 is 0 Å². The minimum absolute atomic E-state index is 0.0151. The summed E-state index contributed by atoms with van der Waals surface area (Å²) in [5.41, 5.74) is 1.63. The normalized spacial score (nSPS) is 15.1. The minimum atomic E-state index is -0.0372. The van der Waals surface area contributed by atoms with Crippen molar-refractivity contribution in [2.45, 2.75) is 19.4 Å². The van der Waals surface area contributed by atoms with Gasteiger partial charge in [0, 0.05) is 50.3 Å². The lowest BCUT2D eigenvalue weighted by atomic mass is 9.95. The number of rotatable bonds is 4. The van der Waals surface area contributed by atoms with E-state index in [0.717, 1.165) is 5.56 Å². The van der Waals surface area contributed by atoms with E-state index in [-0.39, 0.29) is 17.7 Å². The largest absolute Gasteiger partial charge is 0.352 e. The van der Waals surface area contributed by atoms with Gasteiger partial charge in [0.25, 0.3) is 5.91 Å². The van der Waals surface area contributed by atoms with Crippen molar-refractivity contribution in [2.75, 3.05) is 13.1 Å². The molecule has 1 aliphatic heterocycles. The maximum Gasteiger partial charge on any atom is 0.255 e.